The highest BCUT2D eigenvalue weighted by Crippen LogP contribution is 2.19. The Balaban J connectivity index is 1.75. The second-order valence-corrected chi connectivity index (χ2v) is 6.21. The third-order valence-electron chi connectivity index (χ3n) is 4.32. The summed E-state index contributed by atoms with van der Waals surface area (Å²) in [6.07, 6.45) is 8.58. The lowest BCUT2D eigenvalue weighted by Crippen LogP contribution is -2.31. The molecule has 0 radical (unpaired) electrons. The highest BCUT2D eigenvalue weighted by molar-refractivity contribution is 5.28. The van der Waals surface area contributed by atoms with Crippen molar-refractivity contribution in [2.24, 2.45) is 5.92 Å². The van der Waals surface area contributed by atoms with E-state index in [1.54, 1.807) is 0 Å². The number of piperidine rings is 1. The number of aromatic nitrogens is 2. The summed E-state index contributed by atoms with van der Waals surface area (Å²) in [5.41, 5.74) is 1.11. The Kier molecular flexibility index (Phi) is 5.89. The van der Waals surface area contributed by atoms with Gasteiger partial charge in [-0.15, -0.1) is 0 Å². The minimum atomic E-state index is 0.888. The van der Waals surface area contributed by atoms with Crippen molar-refractivity contribution in [3.8, 4) is 0 Å². The first-order valence-electron chi connectivity index (χ1n) is 8.15. The van der Waals surface area contributed by atoms with Crippen LogP contribution in [-0.2, 0) is 6.54 Å². The van der Waals surface area contributed by atoms with Crippen LogP contribution in [0.1, 0.15) is 44.7 Å². The molecule has 0 saturated carbocycles. The van der Waals surface area contributed by atoms with Crippen LogP contribution in [0.15, 0.2) is 6.20 Å². The van der Waals surface area contributed by atoms with Crippen molar-refractivity contribution in [1.29, 1.82) is 0 Å². The van der Waals surface area contributed by atoms with Crippen molar-refractivity contribution in [2.75, 3.05) is 32.0 Å². The molecule has 1 fully saturated rings. The van der Waals surface area contributed by atoms with E-state index in [2.05, 4.69) is 46.9 Å². The Morgan fingerprint density at radius 2 is 2.10 bits per heavy atom. The van der Waals surface area contributed by atoms with Crippen molar-refractivity contribution in [3.63, 3.8) is 0 Å². The van der Waals surface area contributed by atoms with Gasteiger partial charge in [0.15, 0.2) is 0 Å². The van der Waals surface area contributed by atoms with Gasteiger partial charge in [0, 0.05) is 19.3 Å². The van der Waals surface area contributed by atoms with E-state index < -0.39 is 0 Å². The van der Waals surface area contributed by atoms with Gasteiger partial charge in [0.2, 0.25) is 5.95 Å². The molecule has 1 saturated heterocycles. The number of likely N-dealkylation sites (tertiary alicyclic amines) is 1. The molecule has 1 aromatic rings. The quantitative estimate of drug-likeness (QED) is 0.832. The molecule has 0 aromatic carbocycles. The van der Waals surface area contributed by atoms with Crippen LogP contribution >= 0.6 is 0 Å². The molecule has 2 heterocycles. The fourth-order valence-corrected chi connectivity index (χ4v) is 2.93. The van der Waals surface area contributed by atoms with Gasteiger partial charge in [-0.1, -0.05) is 13.3 Å². The van der Waals surface area contributed by atoms with Crippen LogP contribution in [0.3, 0.4) is 0 Å². The van der Waals surface area contributed by atoms with Gasteiger partial charge in [-0.3, -0.25) is 0 Å². The SMILES string of the molecule is CCCCn1cc(C)nc1NCCC1CCN(C)CC1. The minimum absolute atomic E-state index is 0.888. The highest BCUT2D eigenvalue weighted by Gasteiger charge is 2.16. The van der Waals surface area contributed by atoms with Crippen LogP contribution in [0.5, 0.6) is 0 Å². The molecule has 0 unspecified atom stereocenters. The van der Waals surface area contributed by atoms with E-state index in [0.717, 1.165) is 30.6 Å². The van der Waals surface area contributed by atoms with Crippen LogP contribution in [0.25, 0.3) is 0 Å². The van der Waals surface area contributed by atoms with Crippen LogP contribution in [0, 0.1) is 12.8 Å². The summed E-state index contributed by atoms with van der Waals surface area (Å²) in [4.78, 5) is 7.04. The fraction of sp³-hybridized carbons (Fsp3) is 0.812. The average Bonchev–Trinajstić information content (AvgIpc) is 2.79. The van der Waals surface area contributed by atoms with Crippen LogP contribution in [0.4, 0.5) is 5.95 Å². The topological polar surface area (TPSA) is 33.1 Å². The second-order valence-electron chi connectivity index (χ2n) is 6.21. The van der Waals surface area contributed by atoms with Crippen molar-refractivity contribution in [3.05, 3.63) is 11.9 Å². The number of anilines is 1. The molecule has 4 heteroatoms. The summed E-state index contributed by atoms with van der Waals surface area (Å²) in [5.74, 6) is 1.95. The van der Waals surface area contributed by atoms with E-state index in [4.69, 9.17) is 0 Å². The fourth-order valence-electron chi connectivity index (χ4n) is 2.93. The molecule has 20 heavy (non-hydrogen) atoms. The van der Waals surface area contributed by atoms with Gasteiger partial charge in [0.25, 0.3) is 0 Å². The summed E-state index contributed by atoms with van der Waals surface area (Å²) in [7, 11) is 2.22. The molecule has 114 valence electrons. The van der Waals surface area contributed by atoms with E-state index in [1.807, 2.05) is 0 Å². The zero-order chi connectivity index (χ0) is 14.4. The molecule has 4 nitrogen and oxygen atoms in total. The van der Waals surface area contributed by atoms with Gasteiger partial charge >= 0.3 is 0 Å². The number of nitrogens with one attached hydrogen (secondary N) is 1. The number of hydrogen-bond donors (Lipinski definition) is 1. The number of aryl methyl sites for hydroxylation is 2. The summed E-state index contributed by atoms with van der Waals surface area (Å²) in [6.45, 7) is 8.95. The predicted octanol–water partition coefficient (Wildman–Crippen LogP) is 3.14. The van der Waals surface area contributed by atoms with Gasteiger partial charge in [-0.2, -0.15) is 0 Å². The molecule has 1 aliphatic heterocycles. The van der Waals surface area contributed by atoms with Gasteiger partial charge in [0.1, 0.15) is 0 Å². The predicted molar refractivity (Wildman–Crippen MR) is 85.2 cm³/mol. The monoisotopic (exact) mass is 278 g/mol. The summed E-state index contributed by atoms with van der Waals surface area (Å²) in [5, 5.41) is 3.54. The first kappa shape index (κ1) is 15.4. The van der Waals surface area contributed by atoms with Gasteiger partial charge in [-0.05, 0) is 58.7 Å². The van der Waals surface area contributed by atoms with Gasteiger partial charge < -0.3 is 14.8 Å². The van der Waals surface area contributed by atoms with Crippen molar-refractivity contribution < 1.29 is 0 Å². The van der Waals surface area contributed by atoms with Gasteiger partial charge in [-0.25, -0.2) is 4.98 Å². The maximum atomic E-state index is 4.60. The van der Waals surface area contributed by atoms with Crippen LogP contribution < -0.4 is 5.32 Å². The number of unbranched alkanes of at least 4 members (excludes halogenated alkanes) is 1. The van der Waals surface area contributed by atoms with E-state index in [0.29, 0.717) is 0 Å². The lowest BCUT2D eigenvalue weighted by atomic mass is 9.94. The Morgan fingerprint density at radius 3 is 2.80 bits per heavy atom. The van der Waals surface area contributed by atoms with E-state index in [-0.39, 0.29) is 0 Å². The summed E-state index contributed by atoms with van der Waals surface area (Å²) < 4.78 is 2.27. The van der Waals surface area contributed by atoms with E-state index in [9.17, 15) is 0 Å². The lowest BCUT2D eigenvalue weighted by molar-refractivity contribution is 0.215. The standard InChI is InChI=1S/C16H30N4/c1-4-5-10-20-13-14(2)18-16(20)17-9-6-15-7-11-19(3)12-8-15/h13,15H,4-12H2,1-3H3,(H,17,18). The van der Waals surface area contributed by atoms with Crippen molar-refractivity contribution in [1.82, 2.24) is 14.5 Å². The Hall–Kier alpha value is -1.03. The van der Waals surface area contributed by atoms with E-state index >= 15 is 0 Å². The van der Waals surface area contributed by atoms with E-state index in [1.165, 1.54) is 45.2 Å². The molecule has 0 aliphatic carbocycles. The number of nitrogens with zero attached hydrogens (tertiary/aromatic N) is 3. The largest absolute Gasteiger partial charge is 0.356 e. The maximum Gasteiger partial charge on any atom is 0.203 e. The minimum Gasteiger partial charge on any atom is -0.356 e. The van der Waals surface area contributed by atoms with Crippen molar-refractivity contribution in [2.45, 2.75) is 52.5 Å². The average molecular weight is 278 g/mol. The molecule has 2 rings (SSSR count). The lowest BCUT2D eigenvalue weighted by Gasteiger charge is -2.28. The van der Waals surface area contributed by atoms with Gasteiger partial charge in [0.05, 0.1) is 5.69 Å². The summed E-state index contributed by atoms with van der Waals surface area (Å²) >= 11 is 0. The molecule has 1 aliphatic rings. The molecule has 0 bridgehead atoms. The highest BCUT2D eigenvalue weighted by atomic mass is 15.2. The first-order valence-corrected chi connectivity index (χ1v) is 8.15. The smallest absolute Gasteiger partial charge is 0.203 e. The second kappa shape index (κ2) is 7.67. The maximum absolute atomic E-state index is 4.60. The molecule has 0 amide bonds. The zero-order valence-electron chi connectivity index (χ0n) is 13.4. The molecule has 0 atom stereocenters. The van der Waals surface area contributed by atoms with Crippen LogP contribution in [0.2, 0.25) is 0 Å². The third kappa shape index (κ3) is 4.51. The van der Waals surface area contributed by atoms with Crippen LogP contribution in [-0.4, -0.2) is 41.1 Å². The Labute approximate surface area is 123 Å². The first-order chi connectivity index (χ1) is 9.69. The Bertz CT molecular complexity index is 391. The molecular weight excluding hydrogens is 248 g/mol. The normalized spacial score (nSPS) is 17.6. The third-order valence-corrected chi connectivity index (χ3v) is 4.32. The molecule has 0 spiro atoms. The van der Waals surface area contributed by atoms with Crippen molar-refractivity contribution >= 4 is 5.95 Å². The Morgan fingerprint density at radius 1 is 1.35 bits per heavy atom. The molecular formula is C16H30N4. The zero-order valence-corrected chi connectivity index (χ0v) is 13.4. The molecule has 1 N–H and O–H groups in total. The number of rotatable bonds is 7. The number of imidazole rings is 1. The molecule has 1 aromatic heterocycles. The number of hydrogen-bond acceptors (Lipinski definition) is 3. The summed E-state index contributed by atoms with van der Waals surface area (Å²) in [6, 6.07) is 0.